The van der Waals surface area contributed by atoms with E-state index in [4.69, 9.17) is 4.74 Å². The summed E-state index contributed by atoms with van der Waals surface area (Å²) in [6.07, 6.45) is 15.5. The molecule has 2 unspecified atom stereocenters. The van der Waals surface area contributed by atoms with Gasteiger partial charge in [-0.1, -0.05) is 25.8 Å². The average molecular weight is 267 g/mol. The van der Waals surface area contributed by atoms with E-state index in [9.17, 15) is 0 Å². The summed E-state index contributed by atoms with van der Waals surface area (Å²) in [6.45, 7) is 8.06. The summed E-state index contributed by atoms with van der Waals surface area (Å²) in [7, 11) is 0. The molecule has 1 fully saturated rings. The predicted octanol–water partition coefficient (Wildman–Crippen LogP) is 4.45. The second-order valence-corrected chi connectivity index (χ2v) is 5.75. The van der Waals surface area contributed by atoms with Gasteiger partial charge in [-0.05, 0) is 57.9 Å². The molecule has 0 aromatic carbocycles. The zero-order valence-electron chi connectivity index (χ0n) is 12.8. The van der Waals surface area contributed by atoms with E-state index in [-0.39, 0.29) is 0 Å². The molecule has 2 heteroatoms. The van der Waals surface area contributed by atoms with Gasteiger partial charge in [-0.15, -0.1) is 6.58 Å². The maximum absolute atomic E-state index is 5.83. The number of hydrogen-bond acceptors (Lipinski definition) is 2. The second-order valence-electron chi connectivity index (χ2n) is 5.75. The Morgan fingerprint density at radius 3 is 2.84 bits per heavy atom. The summed E-state index contributed by atoms with van der Waals surface area (Å²) in [5, 5.41) is 3.64. The molecule has 1 aliphatic rings. The topological polar surface area (TPSA) is 21.3 Å². The predicted molar refractivity (Wildman–Crippen MR) is 83.6 cm³/mol. The van der Waals surface area contributed by atoms with Gasteiger partial charge >= 0.3 is 0 Å². The smallest absolute Gasteiger partial charge is 0.0575 e. The van der Waals surface area contributed by atoms with Gasteiger partial charge in [0, 0.05) is 12.6 Å². The van der Waals surface area contributed by atoms with E-state index in [1.807, 2.05) is 6.08 Å². The SMILES string of the molecule is C=CCCCCCC(CCC1CCCCO1)NCC. The van der Waals surface area contributed by atoms with Crippen LogP contribution in [0.4, 0.5) is 0 Å². The Labute approximate surface area is 120 Å². The molecule has 0 bridgehead atoms. The first-order valence-electron chi connectivity index (χ1n) is 8.32. The molecule has 0 spiro atoms. The first-order valence-corrected chi connectivity index (χ1v) is 8.32. The van der Waals surface area contributed by atoms with Crippen LogP contribution in [0.2, 0.25) is 0 Å². The van der Waals surface area contributed by atoms with Gasteiger partial charge in [0.2, 0.25) is 0 Å². The molecule has 2 nitrogen and oxygen atoms in total. The van der Waals surface area contributed by atoms with Crippen LogP contribution in [0.3, 0.4) is 0 Å². The number of ether oxygens (including phenoxy) is 1. The third-order valence-corrected chi connectivity index (χ3v) is 4.06. The van der Waals surface area contributed by atoms with Crippen molar-refractivity contribution >= 4 is 0 Å². The highest BCUT2D eigenvalue weighted by atomic mass is 16.5. The highest BCUT2D eigenvalue weighted by Crippen LogP contribution is 2.19. The van der Waals surface area contributed by atoms with E-state index >= 15 is 0 Å². The Kier molecular flexibility index (Phi) is 10.1. The van der Waals surface area contributed by atoms with Crippen molar-refractivity contribution in [1.29, 1.82) is 0 Å². The van der Waals surface area contributed by atoms with Crippen LogP contribution in [-0.2, 0) is 4.74 Å². The molecule has 19 heavy (non-hydrogen) atoms. The van der Waals surface area contributed by atoms with Gasteiger partial charge in [-0.3, -0.25) is 0 Å². The molecule has 0 aromatic heterocycles. The van der Waals surface area contributed by atoms with Crippen LogP contribution in [-0.4, -0.2) is 25.3 Å². The van der Waals surface area contributed by atoms with Crippen molar-refractivity contribution < 1.29 is 4.74 Å². The highest BCUT2D eigenvalue weighted by molar-refractivity contribution is 4.72. The Morgan fingerprint density at radius 1 is 1.26 bits per heavy atom. The largest absolute Gasteiger partial charge is 0.378 e. The lowest BCUT2D eigenvalue weighted by Gasteiger charge is -2.25. The molecule has 1 N–H and O–H groups in total. The van der Waals surface area contributed by atoms with Crippen molar-refractivity contribution in [3.63, 3.8) is 0 Å². The summed E-state index contributed by atoms with van der Waals surface area (Å²) in [4.78, 5) is 0. The third kappa shape index (κ3) is 8.43. The molecule has 0 amide bonds. The molecule has 0 aromatic rings. The maximum atomic E-state index is 5.83. The lowest BCUT2D eigenvalue weighted by molar-refractivity contribution is 0.00843. The monoisotopic (exact) mass is 267 g/mol. The minimum Gasteiger partial charge on any atom is -0.378 e. The highest BCUT2D eigenvalue weighted by Gasteiger charge is 2.16. The van der Waals surface area contributed by atoms with E-state index < -0.39 is 0 Å². The fourth-order valence-electron chi connectivity index (χ4n) is 2.92. The van der Waals surface area contributed by atoms with E-state index in [2.05, 4.69) is 18.8 Å². The van der Waals surface area contributed by atoms with Crippen molar-refractivity contribution in [1.82, 2.24) is 5.32 Å². The standard InChI is InChI=1S/C17H33NO/c1-3-5-6-7-8-11-16(18-4-2)13-14-17-12-9-10-15-19-17/h3,16-18H,1,4-15H2,2H3. The summed E-state index contributed by atoms with van der Waals surface area (Å²) in [5.41, 5.74) is 0. The summed E-state index contributed by atoms with van der Waals surface area (Å²) < 4.78 is 5.83. The number of allylic oxidation sites excluding steroid dienone is 1. The van der Waals surface area contributed by atoms with Crippen molar-refractivity contribution in [3.8, 4) is 0 Å². The number of hydrogen-bond donors (Lipinski definition) is 1. The van der Waals surface area contributed by atoms with Gasteiger partial charge < -0.3 is 10.1 Å². The molecule has 0 aliphatic carbocycles. The molecule has 0 saturated carbocycles. The Balaban J connectivity index is 2.10. The fraction of sp³-hybridized carbons (Fsp3) is 0.882. The zero-order valence-corrected chi connectivity index (χ0v) is 12.8. The molecule has 1 aliphatic heterocycles. The normalized spacial score (nSPS) is 21.2. The lowest BCUT2D eigenvalue weighted by atomic mass is 9.98. The maximum Gasteiger partial charge on any atom is 0.0575 e. The van der Waals surface area contributed by atoms with Crippen molar-refractivity contribution in [2.24, 2.45) is 0 Å². The fourth-order valence-corrected chi connectivity index (χ4v) is 2.92. The second kappa shape index (κ2) is 11.5. The molecule has 2 atom stereocenters. The lowest BCUT2D eigenvalue weighted by Crippen LogP contribution is -2.31. The van der Waals surface area contributed by atoms with Crippen molar-refractivity contribution in [2.45, 2.75) is 83.3 Å². The van der Waals surface area contributed by atoms with Gasteiger partial charge in [0.25, 0.3) is 0 Å². The van der Waals surface area contributed by atoms with Crippen LogP contribution >= 0.6 is 0 Å². The van der Waals surface area contributed by atoms with Crippen LogP contribution in [0.1, 0.15) is 71.1 Å². The van der Waals surface area contributed by atoms with Crippen LogP contribution < -0.4 is 5.32 Å². The van der Waals surface area contributed by atoms with Crippen molar-refractivity contribution in [3.05, 3.63) is 12.7 Å². The molecular weight excluding hydrogens is 234 g/mol. The van der Waals surface area contributed by atoms with E-state index in [1.54, 1.807) is 0 Å². The Bertz CT molecular complexity index is 211. The summed E-state index contributed by atoms with van der Waals surface area (Å²) in [5.74, 6) is 0. The number of rotatable bonds is 11. The van der Waals surface area contributed by atoms with Crippen LogP contribution in [0.5, 0.6) is 0 Å². The third-order valence-electron chi connectivity index (χ3n) is 4.06. The average Bonchev–Trinajstić information content (AvgIpc) is 2.45. The number of unbranched alkanes of at least 4 members (excludes halogenated alkanes) is 3. The van der Waals surface area contributed by atoms with Crippen LogP contribution in [0.15, 0.2) is 12.7 Å². The summed E-state index contributed by atoms with van der Waals surface area (Å²) in [6, 6.07) is 0.694. The van der Waals surface area contributed by atoms with Crippen LogP contribution in [0, 0.1) is 0 Å². The first-order chi connectivity index (χ1) is 9.36. The van der Waals surface area contributed by atoms with Gasteiger partial charge in [0.15, 0.2) is 0 Å². The Hall–Kier alpha value is -0.340. The van der Waals surface area contributed by atoms with Gasteiger partial charge in [0.1, 0.15) is 0 Å². The van der Waals surface area contributed by atoms with E-state index in [0.29, 0.717) is 12.1 Å². The molecule has 1 saturated heterocycles. The molecule has 0 radical (unpaired) electrons. The summed E-state index contributed by atoms with van der Waals surface area (Å²) >= 11 is 0. The molecule has 112 valence electrons. The molecule has 1 rings (SSSR count). The first kappa shape index (κ1) is 16.7. The quantitative estimate of drug-likeness (QED) is 0.441. The molecular formula is C17H33NO. The van der Waals surface area contributed by atoms with Crippen molar-refractivity contribution in [2.75, 3.05) is 13.2 Å². The van der Waals surface area contributed by atoms with E-state index in [0.717, 1.165) is 13.2 Å². The van der Waals surface area contributed by atoms with E-state index in [1.165, 1.54) is 64.2 Å². The molecule has 1 heterocycles. The minimum absolute atomic E-state index is 0.538. The Morgan fingerprint density at radius 2 is 2.16 bits per heavy atom. The van der Waals surface area contributed by atoms with Gasteiger partial charge in [-0.2, -0.15) is 0 Å². The minimum atomic E-state index is 0.538. The number of nitrogens with one attached hydrogen (secondary N) is 1. The van der Waals surface area contributed by atoms with Crippen LogP contribution in [0.25, 0.3) is 0 Å². The van der Waals surface area contributed by atoms with Gasteiger partial charge in [0.05, 0.1) is 6.10 Å². The zero-order chi connectivity index (χ0) is 13.8. The van der Waals surface area contributed by atoms with Gasteiger partial charge in [-0.25, -0.2) is 0 Å².